The minimum absolute atomic E-state index is 0.383. The van der Waals surface area contributed by atoms with Crippen LogP contribution in [0.2, 0.25) is 0 Å². The van der Waals surface area contributed by atoms with Crippen molar-refractivity contribution in [2.24, 2.45) is 5.92 Å². The molecule has 0 N–H and O–H groups in total. The summed E-state index contributed by atoms with van der Waals surface area (Å²) in [6.07, 6.45) is 6.33. The second-order valence-electron chi connectivity index (χ2n) is 6.18. The molecule has 1 nitrogen and oxygen atoms in total. The molecule has 0 bridgehead atoms. The summed E-state index contributed by atoms with van der Waals surface area (Å²) in [5.74, 6) is -1.09. The van der Waals surface area contributed by atoms with Crippen LogP contribution in [-0.2, 0) is 11.3 Å². The van der Waals surface area contributed by atoms with Crippen LogP contribution >= 0.6 is 0 Å². The molecule has 0 spiro atoms. The first kappa shape index (κ1) is 19.6. The average molecular weight is 354 g/mol. The van der Waals surface area contributed by atoms with Crippen molar-refractivity contribution in [2.75, 3.05) is 0 Å². The van der Waals surface area contributed by atoms with E-state index in [1.54, 1.807) is 13.0 Å². The predicted molar refractivity (Wildman–Crippen MR) is 104 cm³/mol. The molecule has 0 aromatic heterocycles. The predicted octanol–water partition coefficient (Wildman–Crippen LogP) is 6.89. The average Bonchev–Trinajstić information content (AvgIpc) is 2.77. The maximum absolute atomic E-state index is 14.1. The molecule has 3 heteroatoms. The van der Waals surface area contributed by atoms with Crippen molar-refractivity contribution >= 4 is 0 Å². The number of halogens is 2. The molecule has 0 radical (unpaired) electrons. The van der Waals surface area contributed by atoms with Gasteiger partial charge >= 0.3 is 0 Å². The number of hydrogen-bond donors (Lipinski definition) is 0. The zero-order chi connectivity index (χ0) is 19.1. The zero-order valence-electron chi connectivity index (χ0n) is 15.3. The summed E-state index contributed by atoms with van der Waals surface area (Å²) in [4.78, 5) is 0. The highest BCUT2D eigenvalue weighted by atomic mass is 19.1. The zero-order valence-corrected chi connectivity index (χ0v) is 15.3. The van der Waals surface area contributed by atoms with Crippen molar-refractivity contribution in [3.8, 4) is 0 Å². The van der Waals surface area contributed by atoms with Crippen molar-refractivity contribution in [3.05, 3.63) is 107 Å². The first-order valence-electron chi connectivity index (χ1n) is 8.60. The van der Waals surface area contributed by atoms with Crippen molar-refractivity contribution in [2.45, 2.75) is 26.9 Å². The number of hydrogen-bond acceptors (Lipinski definition) is 1. The summed E-state index contributed by atoms with van der Waals surface area (Å²) < 4.78 is 33.4. The third-order valence-corrected chi connectivity index (χ3v) is 4.31. The number of ether oxygens (including phenoxy) is 1. The third kappa shape index (κ3) is 5.16. The minimum Gasteiger partial charge on any atom is -0.489 e. The maximum Gasteiger partial charge on any atom is 0.125 e. The van der Waals surface area contributed by atoms with E-state index in [4.69, 9.17) is 4.74 Å². The van der Waals surface area contributed by atoms with E-state index in [0.29, 0.717) is 24.4 Å². The molecule has 0 heterocycles. The minimum atomic E-state index is -0.604. The first-order chi connectivity index (χ1) is 12.4. The third-order valence-electron chi connectivity index (χ3n) is 4.31. The molecular weight excluding hydrogens is 330 g/mol. The van der Waals surface area contributed by atoms with Crippen LogP contribution in [0.4, 0.5) is 8.78 Å². The fourth-order valence-electron chi connectivity index (χ4n) is 2.56. The smallest absolute Gasteiger partial charge is 0.125 e. The van der Waals surface area contributed by atoms with E-state index >= 15 is 0 Å². The molecule has 1 atom stereocenters. The Morgan fingerprint density at radius 2 is 1.88 bits per heavy atom. The van der Waals surface area contributed by atoms with E-state index in [1.165, 1.54) is 6.08 Å². The highest BCUT2D eigenvalue weighted by molar-refractivity contribution is 5.45. The molecule has 0 amide bonds. The van der Waals surface area contributed by atoms with Gasteiger partial charge in [0.25, 0.3) is 0 Å². The lowest BCUT2D eigenvalue weighted by Gasteiger charge is -2.17. The molecule has 26 heavy (non-hydrogen) atoms. The van der Waals surface area contributed by atoms with E-state index in [-0.39, 0.29) is 0 Å². The summed E-state index contributed by atoms with van der Waals surface area (Å²) >= 11 is 0. The van der Waals surface area contributed by atoms with Crippen molar-refractivity contribution in [1.29, 1.82) is 0 Å². The summed E-state index contributed by atoms with van der Waals surface area (Å²) in [5.41, 5.74) is 3.03. The van der Waals surface area contributed by atoms with Gasteiger partial charge in [-0.05, 0) is 36.1 Å². The van der Waals surface area contributed by atoms with Crippen LogP contribution in [0.15, 0.2) is 102 Å². The molecule has 0 fully saturated rings. The Morgan fingerprint density at radius 1 is 1.19 bits per heavy atom. The second kappa shape index (κ2) is 9.14. The summed E-state index contributed by atoms with van der Waals surface area (Å²) in [7, 11) is 0. The summed E-state index contributed by atoms with van der Waals surface area (Å²) in [6, 6.07) is 9.76. The summed E-state index contributed by atoms with van der Waals surface area (Å²) in [5, 5.41) is 0. The largest absolute Gasteiger partial charge is 0.489 e. The van der Waals surface area contributed by atoms with Gasteiger partial charge in [-0.15, -0.1) is 0 Å². The molecule has 1 aliphatic rings. The van der Waals surface area contributed by atoms with E-state index in [1.807, 2.05) is 43.3 Å². The van der Waals surface area contributed by atoms with Gasteiger partial charge in [-0.2, -0.15) is 0 Å². The Morgan fingerprint density at radius 3 is 2.54 bits per heavy atom. The lowest BCUT2D eigenvalue weighted by atomic mass is 9.93. The van der Waals surface area contributed by atoms with Gasteiger partial charge in [0.15, 0.2) is 0 Å². The highest BCUT2D eigenvalue weighted by Gasteiger charge is 2.16. The van der Waals surface area contributed by atoms with Gasteiger partial charge in [-0.1, -0.05) is 62.6 Å². The lowest BCUT2D eigenvalue weighted by Crippen LogP contribution is -2.03. The number of rotatable bonds is 7. The van der Waals surface area contributed by atoms with Gasteiger partial charge in [-0.25, -0.2) is 8.78 Å². The second-order valence-corrected chi connectivity index (χ2v) is 6.18. The van der Waals surface area contributed by atoms with Gasteiger partial charge in [-0.3, -0.25) is 0 Å². The SMILES string of the molecule is C=C(CC)/C(=C\[C@@H]1C=CC(F)=CC(F)=C1C)C(=C)OCc1ccccc1. The molecule has 1 aliphatic carbocycles. The monoisotopic (exact) mass is 354 g/mol. The van der Waals surface area contributed by atoms with Crippen LogP contribution in [0.1, 0.15) is 25.8 Å². The summed E-state index contributed by atoms with van der Waals surface area (Å²) in [6.45, 7) is 12.1. The maximum atomic E-state index is 14.1. The molecule has 1 aromatic carbocycles. The topological polar surface area (TPSA) is 9.23 Å². The van der Waals surface area contributed by atoms with Gasteiger partial charge < -0.3 is 4.74 Å². The van der Waals surface area contributed by atoms with Crippen molar-refractivity contribution < 1.29 is 13.5 Å². The van der Waals surface area contributed by atoms with Crippen LogP contribution in [0.25, 0.3) is 0 Å². The Kier molecular flexibility index (Phi) is 6.90. The van der Waals surface area contributed by atoms with E-state index in [0.717, 1.165) is 22.8 Å². The quantitative estimate of drug-likeness (QED) is 0.382. The molecule has 0 unspecified atom stereocenters. The molecule has 136 valence electrons. The van der Waals surface area contributed by atoms with Crippen molar-refractivity contribution in [3.63, 3.8) is 0 Å². The molecule has 0 saturated carbocycles. The fraction of sp³-hybridized carbons (Fsp3) is 0.217. The Bertz CT molecular complexity index is 795. The van der Waals surface area contributed by atoms with Crippen LogP contribution < -0.4 is 0 Å². The van der Waals surface area contributed by atoms with Crippen LogP contribution in [0.5, 0.6) is 0 Å². The molecular formula is C23H24F2O. The van der Waals surface area contributed by atoms with Crippen LogP contribution in [0, 0.1) is 5.92 Å². The van der Waals surface area contributed by atoms with Crippen LogP contribution in [-0.4, -0.2) is 0 Å². The normalized spacial score (nSPS) is 17.6. The van der Waals surface area contributed by atoms with Gasteiger partial charge in [0.05, 0.1) is 0 Å². The first-order valence-corrected chi connectivity index (χ1v) is 8.60. The van der Waals surface area contributed by atoms with E-state index in [9.17, 15) is 8.78 Å². The molecule has 1 aromatic rings. The number of benzene rings is 1. The standard InChI is InChI=1S/C23H24F2O/c1-5-16(2)22(18(4)26-15-19-9-7-6-8-10-19)13-20-11-12-21(24)14-23(25)17(20)3/h6-14,20H,2,4-5,15H2,1,3H3/b22-13+/t20-/m0/s1. The Hall–Kier alpha value is -2.68. The van der Waals surface area contributed by atoms with Gasteiger partial charge in [0, 0.05) is 17.6 Å². The Balaban J connectivity index is 2.25. The Labute approximate surface area is 154 Å². The fourth-order valence-corrected chi connectivity index (χ4v) is 2.56. The van der Waals surface area contributed by atoms with Gasteiger partial charge in [0.1, 0.15) is 24.0 Å². The van der Waals surface area contributed by atoms with Crippen LogP contribution in [0.3, 0.4) is 0 Å². The number of allylic oxidation sites excluding steroid dienone is 8. The van der Waals surface area contributed by atoms with Crippen molar-refractivity contribution in [1.82, 2.24) is 0 Å². The van der Waals surface area contributed by atoms with E-state index < -0.39 is 17.6 Å². The van der Waals surface area contributed by atoms with Gasteiger partial charge in [0.2, 0.25) is 0 Å². The molecule has 0 aliphatic heterocycles. The molecule has 2 rings (SSSR count). The highest BCUT2D eigenvalue weighted by Crippen LogP contribution is 2.30. The lowest BCUT2D eigenvalue weighted by molar-refractivity contribution is 0.208. The molecule has 0 saturated heterocycles. The van der Waals surface area contributed by atoms with E-state index in [2.05, 4.69) is 13.2 Å².